The SMILES string of the molecule is COc1cc(C(C)Nc2ccc3c(c2)Cc2cccc(C4CN(c5ccc[nH]c5=O)CCO4)c2O3)ccn1. The molecule has 2 N–H and O–H groups in total. The average Bonchev–Trinajstić information content (AvgIpc) is 2.96. The van der Waals surface area contributed by atoms with Crippen molar-refractivity contribution in [3.8, 4) is 17.4 Å². The Hall–Kier alpha value is -4.30. The van der Waals surface area contributed by atoms with Crippen molar-refractivity contribution in [1.29, 1.82) is 0 Å². The monoisotopic (exact) mass is 510 g/mol. The molecule has 6 rings (SSSR count). The van der Waals surface area contributed by atoms with E-state index in [1.165, 1.54) is 0 Å². The second-order valence-electron chi connectivity index (χ2n) is 9.62. The molecule has 4 heterocycles. The molecule has 1 saturated heterocycles. The maximum absolute atomic E-state index is 12.4. The lowest BCUT2D eigenvalue weighted by atomic mass is 9.95. The van der Waals surface area contributed by atoms with Gasteiger partial charge in [-0.15, -0.1) is 0 Å². The first-order valence-corrected chi connectivity index (χ1v) is 12.8. The number of ether oxygens (including phenoxy) is 3. The molecule has 0 aliphatic carbocycles. The quantitative estimate of drug-likeness (QED) is 0.324. The largest absolute Gasteiger partial charge is 0.481 e. The van der Waals surface area contributed by atoms with Gasteiger partial charge in [0, 0.05) is 60.8 Å². The molecule has 2 aliphatic heterocycles. The zero-order valence-electron chi connectivity index (χ0n) is 21.4. The number of pyridine rings is 2. The summed E-state index contributed by atoms with van der Waals surface area (Å²) in [4.78, 5) is 21.4. The normalized spacial score (nSPS) is 17.1. The lowest BCUT2D eigenvalue weighted by Crippen LogP contribution is -2.41. The standard InChI is InChI=1S/C30H30N4O4/c1-19(20-10-12-31-28(17-20)36-2)33-23-8-9-26-22(16-23)15-21-5-3-6-24(29(21)38-26)27-18-34(13-14-37-27)25-7-4-11-32-30(25)35/h3-12,16-17,19,27,33H,13-15,18H2,1-2H3,(H,32,35). The van der Waals surface area contributed by atoms with Gasteiger partial charge in [-0.2, -0.15) is 0 Å². The first-order chi connectivity index (χ1) is 18.6. The minimum absolute atomic E-state index is 0.0802. The van der Waals surface area contributed by atoms with E-state index >= 15 is 0 Å². The lowest BCUT2D eigenvalue weighted by Gasteiger charge is -2.35. The zero-order valence-corrected chi connectivity index (χ0v) is 21.4. The summed E-state index contributed by atoms with van der Waals surface area (Å²) in [5.41, 5.74) is 5.95. The molecule has 2 aromatic carbocycles. The Labute approximate surface area is 221 Å². The molecule has 2 unspecified atom stereocenters. The molecule has 0 saturated carbocycles. The van der Waals surface area contributed by atoms with Crippen molar-refractivity contribution in [1.82, 2.24) is 9.97 Å². The molecule has 0 amide bonds. The van der Waals surface area contributed by atoms with E-state index in [2.05, 4.69) is 51.4 Å². The highest BCUT2D eigenvalue weighted by atomic mass is 16.5. The van der Waals surface area contributed by atoms with Crippen molar-refractivity contribution in [2.45, 2.75) is 25.5 Å². The number of methoxy groups -OCH3 is 1. The number of hydrogen-bond acceptors (Lipinski definition) is 7. The van der Waals surface area contributed by atoms with Gasteiger partial charge in [0.25, 0.3) is 5.56 Å². The highest BCUT2D eigenvalue weighted by Crippen LogP contribution is 2.43. The first kappa shape index (κ1) is 24.1. The number of fused-ring (bicyclic) bond motifs is 2. The number of aromatic amines is 1. The molecule has 0 radical (unpaired) electrons. The average molecular weight is 511 g/mol. The van der Waals surface area contributed by atoms with E-state index in [0.29, 0.717) is 31.3 Å². The molecule has 1 fully saturated rings. The van der Waals surface area contributed by atoms with Gasteiger partial charge >= 0.3 is 0 Å². The minimum atomic E-state index is -0.195. The molecule has 2 atom stereocenters. The number of benzene rings is 2. The zero-order chi connectivity index (χ0) is 26.1. The van der Waals surface area contributed by atoms with E-state index in [1.54, 1.807) is 19.5 Å². The van der Waals surface area contributed by atoms with Crippen LogP contribution in [-0.4, -0.2) is 36.8 Å². The number of aromatic nitrogens is 2. The van der Waals surface area contributed by atoms with Crippen molar-refractivity contribution in [3.63, 3.8) is 0 Å². The van der Waals surface area contributed by atoms with Gasteiger partial charge in [0.15, 0.2) is 0 Å². The third-order valence-corrected chi connectivity index (χ3v) is 7.18. The highest BCUT2D eigenvalue weighted by molar-refractivity contribution is 5.59. The number of H-pyrrole nitrogens is 1. The van der Waals surface area contributed by atoms with Gasteiger partial charge in [0.2, 0.25) is 5.88 Å². The van der Waals surface area contributed by atoms with Crippen LogP contribution in [0.15, 0.2) is 77.9 Å². The molecule has 2 aromatic heterocycles. The molecule has 8 heteroatoms. The van der Waals surface area contributed by atoms with E-state index in [-0.39, 0.29) is 17.7 Å². The van der Waals surface area contributed by atoms with E-state index in [1.807, 2.05) is 36.4 Å². The molecular formula is C30H30N4O4. The molecular weight excluding hydrogens is 480 g/mol. The summed E-state index contributed by atoms with van der Waals surface area (Å²) in [5, 5.41) is 3.58. The van der Waals surface area contributed by atoms with Crippen LogP contribution in [0.5, 0.6) is 17.4 Å². The van der Waals surface area contributed by atoms with E-state index < -0.39 is 0 Å². The van der Waals surface area contributed by atoms with Gasteiger partial charge in [0.1, 0.15) is 23.3 Å². The fourth-order valence-corrected chi connectivity index (χ4v) is 5.20. The van der Waals surface area contributed by atoms with Crippen molar-refractivity contribution in [2.24, 2.45) is 0 Å². The van der Waals surface area contributed by atoms with Crippen molar-refractivity contribution in [2.75, 3.05) is 37.0 Å². The number of rotatable bonds is 6. The van der Waals surface area contributed by atoms with Crippen LogP contribution in [0.3, 0.4) is 0 Å². The van der Waals surface area contributed by atoms with Crippen molar-refractivity contribution in [3.05, 3.63) is 106 Å². The fourth-order valence-electron chi connectivity index (χ4n) is 5.20. The van der Waals surface area contributed by atoms with Gasteiger partial charge in [-0.25, -0.2) is 4.98 Å². The smallest absolute Gasteiger partial charge is 0.271 e. The Morgan fingerprint density at radius 1 is 1.13 bits per heavy atom. The Kier molecular flexibility index (Phi) is 6.47. The molecule has 8 nitrogen and oxygen atoms in total. The Bertz CT molecular complexity index is 1520. The van der Waals surface area contributed by atoms with Gasteiger partial charge in [0.05, 0.1) is 13.7 Å². The van der Waals surface area contributed by atoms with E-state index in [0.717, 1.165) is 45.9 Å². The van der Waals surface area contributed by atoms with Crippen LogP contribution < -0.4 is 25.2 Å². The van der Waals surface area contributed by atoms with Crippen LogP contribution in [0.4, 0.5) is 11.4 Å². The molecule has 4 aromatic rings. The van der Waals surface area contributed by atoms with E-state index in [9.17, 15) is 4.79 Å². The lowest BCUT2D eigenvalue weighted by molar-refractivity contribution is 0.0383. The third kappa shape index (κ3) is 4.70. The summed E-state index contributed by atoms with van der Waals surface area (Å²) in [6.45, 7) is 3.90. The van der Waals surface area contributed by atoms with Crippen LogP contribution in [0.25, 0.3) is 0 Å². The number of nitrogens with one attached hydrogen (secondary N) is 2. The Morgan fingerprint density at radius 3 is 2.92 bits per heavy atom. The number of nitrogens with zero attached hydrogens (tertiary/aromatic N) is 2. The van der Waals surface area contributed by atoms with Crippen molar-refractivity contribution < 1.29 is 14.2 Å². The van der Waals surface area contributed by atoms with Crippen LogP contribution in [0.2, 0.25) is 0 Å². The summed E-state index contributed by atoms with van der Waals surface area (Å²) in [6.07, 6.45) is 3.98. The topological polar surface area (TPSA) is 88.7 Å². The Morgan fingerprint density at radius 2 is 2.05 bits per heavy atom. The molecule has 0 bridgehead atoms. The molecule has 38 heavy (non-hydrogen) atoms. The molecule has 2 aliphatic rings. The summed E-state index contributed by atoms with van der Waals surface area (Å²) in [7, 11) is 1.62. The van der Waals surface area contributed by atoms with Gasteiger partial charge in [-0.3, -0.25) is 4.79 Å². The maximum Gasteiger partial charge on any atom is 0.271 e. The predicted octanol–water partition coefficient (Wildman–Crippen LogP) is 5.23. The number of hydrogen-bond donors (Lipinski definition) is 2. The summed E-state index contributed by atoms with van der Waals surface area (Å²) in [6, 6.07) is 20.2. The summed E-state index contributed by atoms with van der Waals surface area (Å²) >= 11 is 0. The highest BCUT2D eigenvalue weighted by Gasteiger charge is 2.29. The van der Waals surface area contributed by atoms with E-state index in [4.69, 9.17) is 14.2 Å². The fraction of sp³-hybridized carbons (Fsp3) is 0.267. The maximum atomic E-state index is 12.4. The summed E-state index contributed by atoms with van der Waals surface area (Å²) in [5.74, 6) is 2.30. The van der Waals surface area contributed by atoms with Gasteiger partial charge in [-0.05, 0) is 54.4 Å². The predicted molar refractivity (Wildman–Crippen MR) is 147 cm³/mol. The van der Waals surface area contributed by atoms with Crippen molar-refractivity contribution >= 4 is 11.4 Å². The number of anilines is 2. The van der Waals surface area contributed by atoms with Crippen LogP contribution in [0.1, 0.15) is 41.3 Å². The summed E-state index contributed by atoms with van der Waals surface area (Å²) < 4.78 is 17.9. The Balaban J connectivity index is 1.21. The second kappa shape index (κ2) is 10.2. The second-order valence-corrected chi connectivity index (χ2v) is 9.62. The molecule has 0 spiro atoms. The van der Waals surface area contributed by atoms with Crippen LogP contribution in [0, 0.1) is 0 Å². The molecule has 194 valence electrons. The third-order valence-electron chi connectivity index (χ3n) is 7.18. The van der Waals surface area contributed by atoms with Crippen LogP contribution >= 0.6 is 0 Å². The first-order valence-electron chi connectivity index (χ1n) is 12.8. The minimum Gasteiger partial charge on any atom is -0.481 e. The van der Waals surface area contributed by atoms with Gasteiger partial charge in [-0.1, -0.05) is 18.2 Å². The van der Waals surface area contributed by atoms with Crippen LogP contribution in [-0.2, 0) is 11.2 Å². The number of morpholine rings is 1. The number of para-hydroxylation sites is 1. The van der Waals surface area contributed by atoms with Gasteiger partial charge < -0.3 is 29.4 Å².